The highest BCUT2D eigenvalue weighted by Crippen LogP contribution is 2.30. The summed E-state index contributed by atoms with van der Waals surface area (Å²) in [6.45, 7) is 1.91. The van der Waals surface area contributed by atoms with Crippen molar-refractivity contribution in [3.05, 3.63) is 17.9 Å². The van der Waals surface area contributed by atoms with Crippen molar-refractivity contribution in [2.45, 2.75) is 50.3 Å². The first-order valence-electron chi connectivity index (χ1n) is 6.62. The summed E-state index contributed by atoms with van der Waals surface area (Å²) in [6, 6.07) is 2.94. The maximum Gasteiger partial charge on any atom is 0.276 e. The molecule has 5 nitrogen and oxygen atoms in total. The van der Waals surface area contributed by atoms with E-state index in [2.05, 4.69) is 6.92 Å². The summed E-state index contributed by atoms with van der Waals surface area (Å²) in [5, 5.41) is 8.85. The summed E-state index contributed by atoms with van der Waals surface area (Å²) in [6.07, 6.45) is 3.91. The fourth-order valence-corrected chi connectivity index (χ4v) is 3.87. The lowest BCUT2D eigenvalue weighted by molar-refractivity contribution is 0.227. The first kappa shape index (κ1) is 14.6. The molecule has 1 aromatic rings. The average Bonchev–Trinajstić information content (AvgIpc) is 2.88. The average molecular weight is 287 g/mol. The molecule has 108 valence electrons. The van der Waals surface area contributed by atoms with E-state index in [-0.39, 0.29) is 23.5 Å². The summed E-state index contributed by atoms with van der Waals surface area (Å²) in [4.78, 5) is 0. The Morgan fingerprint density at radius 1 is 1.32 bits per heavy atom. The van der Waals surface area contributed by atoms with Crippen LogP contribution in [-0.4, -0.2) is 30.9 Å². The molecule has 0 saturated heterocycles. The lowest BCUT2D eigenvalue weighted by Gasteiger charge is -2.32. The lowest BCUT2D eigenvalue weighted by Crippen LogP contribution is -2.39. The molecule has 0 aromatic carbocycles. The Balaban J connectivity index is 2.14. The third-order valence-corrected chi connectivity index (χ3v) is 5.71. The zero-order valence-corrected chi connectivity index (χ0v) is 12.2. The lowest BCUT2D eigenvalue weighted by atomic mass is 9.87. The van der Waals surface area contributed by atoms with Crippen molar-refractivity contribution in [2.24, 2.45) is 5.92 Å². The van der Waals surface area contributed by atoms with Gasteiger partial charge in [0.1, 0.15) is 12.4 Å². The minimum atomic E-state index is -3.59. The maximum atomic E-state index is 12.4. The van der Waals surface area contributed by atoms with Gasteiger partial charge in [0, 0.05) is 13.1 Å². The number of furan rings is 1. The van der Waals surface area contributed by atoms with Crippen LogP contribution in [0.4, 0.5) is 0 Å². The summed E-state index contributed by atoms with van der Waals surface area (Å²) < 4.78 is 31.4. The Morgan fingerprint density at radius 2 is 1.95 bits per heavy atom. The molecular weight excluding hydrogens is 266 g/mol. The van der Waals surface area contributed by atoms with Crippen LogP contribution in [0.3, 0.4) is 0 Å². The van der Waals surface area contributed by atoms with Gasteiger partial charge in [-0.3, -0.25) is 0 Å². The fourth-order valence-electron chi connectivity index (χ4n) is 2.53. The maximum absolute atomic E-state index is 12.4. The minimum absolute atomic E-state index is 0.0453. The molecule has 0 radical (unpaired) electrons. The van der Waals surface area contributed by atoms with Gasteiger partial charge in [-0.2, -0.15) is 4.31 Å². The number of nitrogens with zero attached hydrogens (tertiary/aromatic N) is 1. The highest BCUT2D eigenvalue weighted by molar-refractivity contribution is 7.89. The van der Waals surface area contributed by atoms with E-state index in [0.717, 1.165) is 25.7 Å². The third kappa shape index (κ3) is 3.01. The number of rotatable bonds is 4. The van der Waals surface area contributed by atoms with E-state index in [1.807, 2.05) is 0 Å². The van der Waals surface area contributed by atoms with E-state index < -0.39 is 10.0 Å². The van der Waals surface area contributed by atoms with Gasteiger partial charge in [-0.25, -0.2) is 8.42 Å². The van der Waals surface area contributed by atoms with Crippen molar-refractivity contribution in [3.8, 4) is 0 Å². The number of aliphatic hydroxyl groups excluding tert-OH is 1. The topological polar surface area (TPSA) is 70.8 Å². The predicted octanol–water partition coefficient (Wildman–Crippen LogP) is 1.97. The number of sulfonamides is 1. The summed E-state index contributed by atoms with van der Waals surface area (Å²) >= 11 is 0. The van der Waals surface area contributed by atoms with Gasteiger partial charge in [0.15, 0.2) is 0 Å². The predicted molar refractivity (Wildman–Crippen MR) is 71.0 cm³/mol. The second-order valence-electron chi connectivity index (χ2n) is 5.31. The van der Waals surface area contributed by atoms with E-state index in [4.69, 9.17) is 9.52 Å². The van der Waals surface area contributed by atoms with Gasteiger partial charge in [0.2, 0.25) is 5.09 Å². The Labute approximate surface area is 114 Å². The van der Waals surface area contributed by atoms with E-state index in [1.54, 1.807) is 7.05 Å². The van der Waals surface area contributed by atoms with Crippen LogP contribution in [0.25, 0.3) is 0 Å². The van der Waals surface area contributed by atoms with Crippen molar-refractivity contribution < 1.29 is 17.9 Å². The molecule has 1 N–H and O–H groups in total. The molecule has 1 saturated carbocycles. The first-order chi connectivity index (χ1) is 8.95. The molecule has 0 amide bonds. The van der Waals surface area contributed by atoms with Crippen LogP contribution in [0.5, 0.6) is 0 Å². The molecule has 1 fully saturated rings. The normalized spacial score (nSPS) is 24.8. The Bertz CT molecular complexity index is 515. The van der Waals surface area contributed by atoms with Crippen molar-refractivity contribution in [1.82, 2.24) is 4.31 Å². The molecule has 0 unspecified atom stereocenters. The smallest absolute Gasteiger partial charge is 0.276 e. The second kappa shape index (κ2) is 5.64. The van der Waals surface area contributed by atoms with E-state index in [9.17, 15) is 8.42 Å². The second-order valence-corrected chi connectivity index (χ2v) is 7.24. The summed E-state index contributed by atoms with van der Waals surface area (Å²) in [5.74, 6) is 0.946. The van der Waals surface area contributed by atoms with Gasteiger partial charge in [-0.1, -0.05) is 6.92 Å². The molecule has 0 atom stereocenters. The summed E-state index contributed by atoms with van der Waals surface area (Å²) in [5.41, 5.74) is 0. The third-order valence-electron chi connectivity index (χ3n) is 3.93. The van der Waals surface area contributed by atoms with Crippen LogP contribution in [0.2, 0.25) is 0 Å². The Morgan fingerprint density at radius 3 is 2.47 bits per heavy atom. The van der Waals surface area contributed by atoms with E-state index in [1.165, 1.54) is 16.4 Å². The van der Waals surface area contributed by atoms with Gasteiger partial charge in [-0.05, 0) is 43.7 Å². The van der Waals surface area contributed by atoms with Crippen molar-refractivity contribution in [3.63, 3.8) is 0 Å². The van der Waals surface area contributed by atoms with Crippen LogP contribution < -0.4 is 0 Å². The quantitative estimate of drug-likeness (QED) is 0.919. The van der Waals surface area contributed by atoms with Gasteiger partial charge >= 0.3 is 0 Å². The molecule has 0 spiro atoms. The fraction of sp³-hybridized carbons (Fsp3) is 0.692. The first-order valence-corrected chi connectivity index (χ1v) is 8.06. The highest BCUT2D eigenvalue weighted by Gasteiger charge is 2.32. The molecule has 0 aliphatic heterocycles. The van der Waals surface area contributed by atoms with Crippen LogP contribution in [-0.2, 0) is 16.6 Å². The number of aliphatic hydroxyl groups is 1. The van der Waals surface area contributed by atoms with Crippen LogP contribution in [0.15, 0.2) is 21.6 Å². The van der Waals surface area contributed by atoms with E-state index in [0.29, 0.717) is 5.92 Å². The SMILES string of the molecule is CC1CCC(N(C)S(=O)(=O)c2ccc(CO)o2)CC1. The standard InChI is InChI=1S/C13H21NO4S/c1-10-3-5-11(6-4-10)14(2)19(16,17)13-8-7-12(9-15)18-13/h7-8,10-11,15H,3-6,9H2,1-2H3. The molecule has 2 rings (SSSR count). The van der Waals surface area contributed by atoms with Gasteiger partial charge in [-0.15, -0.1) is 0 Å². The summed E-state index contributed by atoms with van der Waals surface area (Å²) in [7, 11) is -1.98. The Hall–Kier alpha value is -0.850. The van der Waals surface area contributed by atoms with Crippen LogP contribution in [0, 0.1) is 5.92 Å². The van der Waals surface area contributed by atoms with Gasteiger partial charge < -0.3 is 9.52 Å². The number of hydrogen-bond acceptors (Lipinski definition) is 4. The highest BCUT2D eigenvalue weighted by atomic mass is 32.2. The molecular formula is C13H21NO4S. The molecule has 1 aliphatic carbocycles. The van der Waals surface area contributed by atoms with Crippen molar-refractivity contribution in [2.75, 3.05) is 7.05 Å². The number of hydrogen-bond donors (Lipinski definition) is 1. The largest absolute Gasteiger partial charge is 0.446 e. The molecule has 19 heavy (non-hydrogen) atoms. The Kier molecular flexibility index (Phi) is 4.32. The van der Waals surface area contributed by atoms with Crippen molar-refractivity contribution in [1.29, 1.82) is 0 Å². The van der Waals surface area contributed by atoms with Gasteiger partial charge in [0.05, 0.1) is 0 Å². The minimum Gasteiger partial charge on any atom is -0.446 e. The molecule has 1 aromatic heterocycles. The van der Waals surface area contributed by atoms with E-state index >= 15 is 0 Å². The molecule has 1 heterocycles. The van der Waals surface area contributed by atoms with Crippen LogP contribution >= 0.6 is 0 Å². The molecule has 6 heteroatoms. The zero-order chi connectivity index (χ0) is 14.0. The van der Waals surface area contributed by atoms with Crippen LogP contribution in [0.1, 0.15) is 38.4 Å². The zero-order valence-electron chi connectivity index (χ0n) is 11.4. The van der Waals surface area contributed by atoms with Gasteiger partial charge in [0.25, 0.3) is 10.0 Å². The molecule has 1 aliphatic rings. The monoisotopic (exact) mass is 287 g/mol. The van der Waals surface area contributed by atoms with Crippen molar-refractivity contribution >= 4 is 10.0 Å². The molecule has 0 bridgehead atoms.